The van der Waals surface area contributed by atoms with Crippen molar-refractivity contribution in [3.63, 3.8) is 0 Å². The van der Waals surface area contributed by atoms with Crippen LogP contribution in [0.2, 0.25) is 0 Å². The highest BCUT2D eigenvalue weighted by molar-refractivity contribution is 6.12. The Kier molecular flexibility index (Phi) is 48.4. The second-order valence-corrected chi connectivity index (χ2v) is 28.2. The third-order valence-electron chi connectivity index (χ3n) is 21.2. The molecule has 3 aromatic heterocycles. The van der Waals surface area contributed by atoms with Crippen molar-refractivity contribution in [2.45, 2.75) is 166 Å². The molecule has 21 aromatic rings. The highest BCUT2D eigenvalue weighted by Gasteiger charge is 2.22. The van der Waals surface area contributed by atoms with E-state index < -0.39 is 0 Å². The summed E-state index contributed by atoms with van der Waals surface area (Å²) in [5.41, 5.74) is 29.4. The maximum absolute atomic E-state index is 6.35. The van der Waals surface area contributed by atoms with Crippen LogP contribution in [0.25, 0.3) is 133 Å². The van der Waals surface area contributed by atoms with Gasteiger partial charge in [0.2, 0.25) is 0 Å². The minimum absolute atomic E-state index is 0.915. The van der Waals surface area contributed by atoms with E-state index in [0.717, 1.165) is 162 Å². The Labute approximate surface area is 827 Å². The molecule has 708 valence electrons. The van der Waals surface area contributed by atoms with Gasteiger partial charge in [-0.1, -0.05) is 482 Å². The Morgan fingerprint density at radius 1 is 0.130 bits per heavy atom. The Morgan fingerprint density at radius 3 is 0.659 bits per heavy atom. The van der Waals surface area contributed by atoms with E-state index in [1.165, 1.54) is 22.3 Å². The van der Waals surface area contributed by atoms with Crippen molar-refractivity contribution < 1.29 is 13.3 Å². The van der Waals surface area contributed by atoms with Crippen LogP contribution >= 0.6 is 0 Å². The highest BCUT2D eigenvalue weighted by atomic mass is 16.3. The predicted octanol–water partition coefficient (Wildman–Crippen LogP) is 43.5. The number of para-hydroxylation sites is 13. The van der Waals surface area contributed by atoms with Gasteiger partial charge in [0.1, 0.15) is 33.5 Å². The van der Waals surface area contributed by atoms with Gasteiger partial charge < -0.3 is 28.0 Å². The number of anilines is 9. The molecule has 0 saturated heterocycles. The fourth-order valence-corrected chi connectivity index (χ4v) is 15.8. The first-order valence-corrected chi connectivity index (χ1v) is 50.6. The van der Waals surface area contributed by atoms with Crippen molar-refractivity contribution >= 4 is 117 Å². The van der Waals surface area contributed by atoms with Crippen molar-refractivity contribution in [1.29, 1.82) is 0 Å². The molecule has 0 N–H and O–H groups in total. The summed E-state index contributed by atoms with van der Waals surface area (Å²) in [6.07, 6.45) is 0. The van der Waals surface area contributed by atoms with Crippen LogP contribution in [0.1, 0.15) is 166 Å². The van der Waals surface area contributed by atoms with Gasteiger partial charge in [-0.05, 0) is 184 Å². The summed E-state index contributed by atoms with van der Waals surface area (Å²) in [7, 11) is 0. The molecule has 21 rings (SSSR count). The maximum Gasteiger partial charge on any atom is 0.143 e. The van der Waals surface area contributed by atoms with Crippen molar-refractivity contribution in [3.8, 4) is 66.8 Å². The summed E-state index contributed by atoms with van der Waals surface area (Å²) in [6.45, 7) is 48.0. The molecule has 0 spiro atoms. The Morgan fingerprint density at radius 2 is 0.333 bits per heavy atom. The van der Waals surface area contributed by atoms with E-state index in [1.807, 2.05) is 203 Å². The number of hydrogen-bond acceptors (Lipinski definition) is 6. The molecule has 0 aliphatic heterocycles. The van der Waals surface area contributed by atoms with Gasteiger partial charge in [0, 0.05) is 100 Å². The minimum atomic E-state index is 0.915. The van der Waals surface area contributed by atoms with Gasteiger partial charge in [0.05, 0.1) is 5.69 Å². The molecule has 0 atom stereocenters. The molecule has 3 heterocycles. The second kappa shape index (κ2) is 60.9. The fourth-order valence-electron chi connectivity index (χ4n) is 15.8. The molecule has 18 aromatic carbocycles. The zero-order chi connectivity index (χ0) is 99.9. The van der Waals surface area contributed by atoms with E-state index in [4.69, 9.17) is 13.3 Å². The van der Waals surface area contributed by atoms with Gasteiger partial charge >= 0.3 is 0 Å². The molecule has 0 unspecified atom stereocenters. The third-order valence-corrected chi connectivity index (χ3v) is 21.2. The molecule has 138 heavy (non-hydrogen) atoms. The van der Waals surface area contributed by atoms with E-state index in [1.54, 1.807) is 0 Å². The quantitative estimate of drug-likeness (QED) is 0.102. The van der Waals surface area contributed by atoms with Gasteiger partial charge in [0.15, 0.2) is 0 Å². The lowest BCUT2D eigenvalue weighted by atomic mass is 9.96. The highest BCUT2D eigenvalue weighted by Crippen LogP contribution is 2.46. The Bertz CT molecular complexity index is 6800. The van der Waals surface area contributed by atoms with Crippen molar-refractivity contribution in [2.75, 3.05) is 14.7 Å². The monoisotopic (exact) mass is 1820 g/mol. The predicted molar refractivity (Wildman–Crippen MR) is 614 cm³/mol. The number of nitrogens with zero attached hydrogens (tertiary/aromatic N) is 3. The summed E-state index contributed by atoms with van der Waals surface area (Å²) in [5, 5.41) is 6.88. The number of benzene rings is 18. The number of rotatable bonds is 15. The molecular formula is C132H147N3O3. The summed E-state index contributed by atoms with van der Waals surface area (Å²) in [4.78, 5) is 6.90. The lowest BCUT2D eigenvalue weighted by Crippen LogP contribution is -2.10. The molecular weight excluding hydrogens is 1680 g/mol. The third kappa shape index (κ3) is 27.1. The molecule has 0 aliphatic rings. The van der Waals surface area contributed by atoms with Crippen LogP contribution in [-0.2, 0) is 0 Å². The SMILES string of the molecule is CC.CC.CC.CC.CC.CC.CC.CC.CC.CC.CC.CC.c1ccc(N(c2ccccc2)c2ccc(-c3cccc(-c4cccc5c4oc4ccccc45)c3)cc2)cc1.c1ccc(N(c2ccccc2)c2cccc(-c3cccc(-c4cccc5c4oc4ccccc45)c3)c2)cc1.c1ccc(N(c2ccccc2)c2ccccc2-c2cccc(-c3cccc4c3oc3ccccc34)c2)cc1. The molecule has 0 fully saturated rings. The van der Waals surface area contributed by atoms with Crippen molar-refractivity contribution in [3.05, 3.63) is 455 Å². The molecule has 0 aliphatic carbocycles. The van der Waals surface area contributed by atoms with E-state index in [9.17, 15) is 0 Å². The van der Waals surface area contributed by atoms with E-state index in [0.29, 0.717) is 0 Å². The van der Waals surface area contributed by atoms with Crippen LogP contribution in [0.3, 0.4) is 0 Å². The topological polar surface area (TPSA) is 49.1 Å². The standard InChI is InChI=1S/3C36H25NO.12C2H6/c1-3-15-28(16-4-1)37(29-17-5-2-6-18-29)34-23-9-7-19-30(34)26-13-11-14-27(25-26)31-21-12-22-33-32-20-8-10-24-35(32)38-36(31)33;1-3-15-29(16-4-1)37(30-17-5-2-6-18-30)31-19-10-13-27(25-31)26-12-9-14-28(24-26)32-21-11-22-34-33-20-7-8-23-35(33)38-36(32)34;1-3-13-29(14-4-1)37(30-15-5-2-6-16-30)31-23-21-26(22-24-31)27-11-9-12-28(25-27)32-18-10-19-34-33-17-7-8-20-35(33)38-36(32)34;12*1-2/h3*1-25H;12*1-2H3. The Hall–Kier alpha value is -15.2. The summed E-state index contributed by atoms with van der Waals surface area (Å²) in [6, 6.07) is 159. The molecule has 0 bridgehead atoms. The molecule has 0 amide bonds. The summed E-state index contributed by atoms with van der Waals surface area (Å²) >= 11 is 0. The largest absolute Gasteiger partial charge is 0.455 e. The zero-order valence-electron chi connectivity index (χ0n) is 86.4. The Balaban J connectivity index is 0.000000253. The summed E-state index contributed by atoms with van der Waals surface area (Å²) in [5.74, 6) is 0. The van der Waals surface area contributed by atoms with Crippen LogP contribution in [0, 0.1) is 0 Å². The smallest absolute Gasteiger partial charge is 0.143 e. The van der Waals surface area contributed by atoms with Gasteiger partial charge in [-0.3, -0.25) is 0 Å². The first kappa shape index (κ1) is 110. The molecule has 6 nitrogen and oxygen atoms in total. The molecule has 0 saturated carbocycles. The molecule has 0 radical (unpaired) electrons. The van der Waals surface area contributed by atoms with Crippen molar-refractivity contribution in [2.24, 2.45) is 0 Å². The minimum Gasteiger partial charge on any atom is -0.455 e. The fraction of sp³-hybridized carbons (Fsp3) is 0.182. The number of hydrogen-bond donors (Lipinski definition) is 0. The van der Waals surface area contributed by atoms with Gasteiger partial charge in [-0.2, -0.15) is 0 Å². The second-order valence-electron chi connectivity index (χ2n) is 28.2. The zero-order valence-corrected chi connectivity index (χ0v) is 86.4. The normalized spacial score (nSPS) is 9.74. The van der Waals surface area contributed by atoms with Gasteiger partial charge in [-0.25, -0.2) is 0 Å². The lowest BCUT2D eigenvalue weighted by molar-refractivity contribution is 0.669. The van der Waals surface area contributed by atoms with E-state index in [-0.39, 0.29) is 0 Å². The van der Waals surface area contributed by atoms with Crippen LogP contribution in [0.4, 0.5) is 51.2 Å². The molecule has 6 heteroatoms. The van der Waals surface area contributed by atoms with Gasteiger partial charge in [0.25, 0.3) is 0 Å². The van der Waals surface area contributed by atoms with E-state index in [2.05, 4.69) is 433 Å². The lowest BCUT2D eigenvalue weighted by Gasteiger charge is -2.27. The number of furan rings is 3. The van der Waals surface area contributed by atoms with E-state index >= 15 is 0 Å². The number of fused-ring (bicyclic) bond motifs is 9. The first-order valence-electron chi connectivity index (χ1n) is 50.6. The van der Waals surface area contributed by atoms with Crippen LogP contribution < -0.4 is 14.7 Å². The average Bonchev–Trinajstić information content (AvgIpc) is 1.38. The summed E-state index contributed by atoms with van der Waals surface area (Å²) < 4.78 is 19.0. The average molecular weight is 1820 g/mol. The first-order chi connectivity index (χ1) is 68.6. The van der Waals surface area contributed by atoms with Crippen molar-refractivity contribution in [1.82, 2.24) is 0 Å². The van der Waals surface area contributed by atoms with Crippen LogP contribution in [0.15, 0.2) is 468 Å². The van der Waals surface area contributed by atoms with Crippen LogP contribution in [0.5, 0.6) is 0 Å². The maximum atomic E-state index is 6.35. The van der Waals surface area contributed by atoms with Crippen LogP contribution in [-0.4, -0.2) is 0 Å². The van der Waals surface area contributed by atoms with Gasteiger partial charge in [-0.15, -0.1) is 0 Å².